The number of rotatable bonds is 5. The largest absolute Gasteiger partial charge is 0.345 e. The highest BCUT2D eigenvalue weighted by molar-refractivity contribution is 9.10. The summed E-state index contributed by atoms with van der Waals surface area (Å²) in [5.74, 6) is 0.115. The number of hydrogen-bond donors (Lipinski definition) is 2. The number of nitrogens with zero attached hydrogens (tertiary/aromatic N) is 3. The molecule has 0 fully saturated rings. The van der Waals surface area contributed by atoms with E-state index in [9.17, 15) is 9.59 Å². The first-order valence-electron chi connectivity index (χ1n) is 7.29. The van der Waals surface area contributed by atoms with Crippen LogP contribution >= 0.6 is 27.3 Å². The molecule has 130 valence electrons. The van der Waals surface area contributed by atoms with E-state index < -0.39 is 5.91 Å². The first kappa shape index (κ1) is 17.4. The van der Waals surface area contributed by atoms with Gasteiger partial charge < -0.3 is 9.09 Å². The number of carbonyl (C=O) groups excluding carboxylic acids is 2. The van der Waals surface area contributed by atoms with Crippen molar-refractivity contribution in [2.24, 2.45) is 7.05 Å². The number of nitrogens with one attached hydrogen (secondary N) is 2. The van der Waals surface area contributed by atoms with Crippen LogP contribution < -0.4 is 10.9 Å². The van der Waals surface area contributed by atoms with Gasteiger partial charge in [0.25, 0.3) is 5.91 Å². The molecule has 3 rings (SSSR count). The molecular weight excluding hydrogens is 410 g/mol. The SMILES string of the molecule is Cn1cc(Br)cc1C(=O)NNC(=O)CCc1nc(-c2ccsc2)no1. The van der Waals surface area contributed by atoms with E-state index >= 15 is 0 Å². The van der Waals surface area contributed by atoms with Crippen molar-refractivity contribution < 1.29 is 14.1 Å². The number of hydrogen-bond acceptors (Lipinski definition) is 6. The van der Waals surface area contributed by atoms with E-state index in [1.807, 2.05) is 16.8 Å². The lowest BCUT2D eigenvalue weighted by molar-refractivity contribution is -0.121. The number of aryl methyl sites for hydroxylation is 2. The van der Waals surface area contributed by atoms with Crippen LogP contribution in [-0.2, 0) is 18.3 Å². The van der Waals surface area contributed by atoms with Crippen LogP contribution in [0.1, 0.15) is 22.8 Å². The van der Waals surface area contributed by atoms with Crippen LogP contribution in [0.5, 0.6) is 0 Å². The van der Waals surface area contributed by atoms with Gasteiger partial charge in [-0.05, 0) is 33.4 Å². The van der Waals surface area contributed by atoms with Crippen molar-refractivity contribution in [2.75, 3.05) is 0 Å². The molecule has 0 aromatic carbocycles. The Hall–Kier alpha value is -2.46. The summed E-state index contributed by atoms with van der Waals surface area (Å²) in [5, 5.41) is 7.71. The second-order valence-corrected chi connectivity index (χ2v) is 6.88. The fraction of sp³-hybridized carbons (Fsp3) is 0.200. The molecule has 0 aliphatic rings. The summed E-state index contributed by atoms with van der Waals surface area (Å²) in [6, 6.07) is 3.55. The van der Waals surface area contributed by atoms with Gasteiger partial charge in [-0.15, -0.1) is 0 Å². The molecule has 8 nitrogen and oxygen atoms in total. The third kappa shape index (κ3) is 4.34. The zero-order valence-electron chi connectivity index (χ0n) is 13.2. The van der Waals surface area contributed by atoms with Crippen molar-refractivity contribution in [1.29, 1.82) is 0 Å². The highest BCUT2D eigenvalue weighted by Crippen LogP contribution is 2.19. The minimum Gasteiger partial charge on any atom is -0.345 e. The first-order valence-corrected chi connectivity index (χ1v) is 9.02. The maximum atomic E-state index is 12.0. The normalized spacial score (nSPS) is 10.6. The lowest BCUT2D eigenvalue weighted by atomic mass is 10.3. The minimum absolute atomic E-state index is 0.113. The predicted octanol–water partition coefficient (Wildman–Crippen LogP) is 2.29. The molecular formula is C15H14BrN5O3S. The summed E-state index contributed by atoms with van der Waals surface area (Å²) in [7, 11) is 1.74. The van der Waals surface area contributed by atoms with Gasteiger partial charge in [-0.3, -0.25) is 20.4 Å². The molecule has 0 aliphatic heterocycles. The number of carbonyl (C=O) groups is 2. The van der Waals surface area contributed by atoms with Gasteiger partial charge in [0.1, 0.15) is 5.69 Å². The average molecular weight is 424 g/mol. The van der Waals surface area contributed by atoms with E-state index in [1.165, 1.54) is 0 Å². The van der Waals surface area contributed by atoms with E-state index in [1.54, 1.807) is 35.2 Å². The Morgan fingerprint density at radius 1 is 1.40 bits per heavy atom. The van der Waals surface area contributed by atoms with Crippen LogP contribution in [-0.4, -0.2) is 26.5 Å². The summed E-state index contributed by atoms with van der Waals surface area (Å²) in [5.41, 5.74) is 6.04. The minimum atomic E-state index is -0.404. The lowest BCUT2D eigenvalue weighted by Gasteiger charge is -2.07. The highest BCUT2D eigenvalue weighted by atomic mass is 79.9. The third-order valence-electron chi connectivity index (χ3n) is 3.33. The van der Waals surface area contributed by atoms with Crippen LogP contribution in [0.15, 0.2) is 38.1 Å². The second-order valence-electron chi connectivity index (χ2n) is 5.18. The van der Waals surface area contributed by atoms with Gasteiger partial charge in [-0.25, -0.2) is 0 Å². The van der Waals surface area contributed by atoms with E-state index in [4.69, 9.17) is 4.52 Å². The Bertz CT molecular complexity index is 887. The van der Waals surface area contributed by atoms with Crippen molar-refractivity contribution in [3.05, 3.63) is 45.1 Å². The topological polar surface area (TPSA) is 102 Å². The molecule has 3 heterocycles. The van der Waals surface area contributed by atoms with Crippen molar-refractivity contribution in [2.45, 2.75) is 12.8 Å². The molecule has 2 N–H and O–H groups in total. The van der Waals surface area contributed by atoms with Crippen molar-refractivity contribution in [3.8, 4) is 11.4 Å². The molecule has 0 saturated carbocycles. The number of amides is 2. The zero-order valence-corrected chi connectivity index (χ0v) is 15.6. The summed E-state index contributed by atoms with van der Waals surface area (Å²) in [4.78, 5) is 28.1. The van der Waals surface area contributed by atoms with Gasteiger partial charge in [0.15, 0.2) is 0 Å². The summed E-state index contributed by atoms with van der Waals surface area (Å²) in [6.07, 6.45) is 2.15. The summed E-state index contributed by atoms with van der Waals surface area (Å²) >= 11 is 4.83. The summed E-state index contributed by atoms with van der Waals surface area (Å²) in [6.45, 7) is 0. The quantitative estimate of drug-likeness (QED) is 0.612. The Morgan fingerprint density at radius 3 is 2.92 bits per heavy atom. The molecule has 0 bridgehead atoms. The fourth-order valence-electron chi connectivity index (χ4n) is 2.09. The molecule has 0 spiro atoms. The average Bonchev–Trinajstić information content (AvgIpc) is 3.31. The lowest BCUT2D eigenvalue weighted by Crippen LogP contribution is -2.42. The standard InChI is InChI=1S/C15H14BrN5O3S/c1-21-7-10(16)6-11(21)15(23)19-18-12(22)2-3-13-17-14(20-24-13)9-4-5-25-8-9/h4-8H,2-3H2,1H3,(H,18,22)(H,19,23). The molecule has 0 radical (unpaired) electrons. The smallest absolute Gasteiger partial charge is 0.286 e. The Kier molecular flexibility index (Phi) is 5.29. The van der Waals surface area contributed by atoms with Crippen LogP contribution in [0.4, 0.5) is 0 Å². The van der Waals surface area contributed by atoms with Crippen molar-refractivity contribution >= 4 is 39.1 Å². The number of halogens is 1. The van der Waals surface area contributed by atoms with Gasteiger partial charge in [0.05, 0.1) is 0 Å². The zero-order chi connectivity index (χ0) is 17.8. The highest BCUT2D eigenvalue weighted by Gasteiger charge is 2.13. The van der Waals surface area contributed by atoms with Gasteiger partial charge >= 0.3 is 0 Å². The second kappa shape index (κ2) is 7.62. The maximum Gasteiger partial charge on any atom is 0.286 e. The summed E-state index contributed by atoms with van der Waals surface area (Å²) < 4.78 is 7.55. The monoisotopic (exact) mass is 423 g/mol. The predicted molar refractivity (Wildman–Crippen MR) is 94.7 cm³/mol. The third-order valence-corrected chi connectivity index (χ3v) is 4.45. The molecule has 0 aliphatic carbocycles. The van der Waals surface area contributed by atoms with E-state index in [0.717, 1.165) is 10.0 Å². The number of aromatic nitrogens is 3. The van der Waals surface area contributed by atoms with E-state index in [2.05, 4.69) is 36.9 Å². The van der Waals surface area contributed by atoms with Crippen molar-refractivity contribution in [1.82, 2.24) is 25.6 Å². The number of hydrazine groups is 1. The van der Waals surface area contributed by atoms with Gasteiger partial charge in [-0.2, -0.15) is 16.3 Å². The Morgan fingerprint density at radius 2 is 2.24 bits per heavy atom. The van der Waals surface area contributed by atoms with Crippen LogP contribution in [0.2, 0.25) is 0 Å². The van der Waals surface area contributed by atoms with Crippen LogP contribution in [0.3, 0.4) is 0 Å². The molecule has 3 aromatic heterocycles. The van der Waals surface area contributed by atoms with Gasteiger partial charge in [-0.1, -0.05) is 5.16 Å². The van der Waals surface area contributed by atoms with E-state index in [-0.39, 0.29) is 18.7 Å². The van der Waals surface area contributed by atoms with E-state index in [0.29, 0.717) is 17.4 Å². The Labute approximate surface area is 155 Å². The van der Waals surface area contributed by atoms with Crippen molar-refractivity contribution in [3.63, 3.8) is 0 Å². The van der Waals surface area contributed by atoms with Crippen LogP contribution in [0.25, 0.3) is 11.4 Å². The van der Waals surface area contributed by atoms with Gasteiger partial charge in [0, 0.05) is 41.5 Å². The fourth-order valence-corrected chi connectivity index (χ4v) is 3.25. The van der Waals surface area contributed by atoms with Crippen LogP contribution in [0, 0.1) is 0 Å². The molecule has 10 heteroatoms. The molecule has 0 saturated heterocycles. The molecule has 25 heavy (non-hydrogen) atoms. The molecule has 2 amide bonds. The Balaban J connectivity index is 1.47. The number of thiophene rings is 1. The molecule has 0 atom stereocenters. The first-order chi connectivity index (χ1) is 12.0. The molecule has 3 aromatic rings. The molecule has 0 unspecified atom stereocenters. The van der Waals surface area contributed by atoms with Gasteiger partial charge in [0.2, 0.25) is 17.6 Å². The maximum absolute atomic E-state index is 12.0.